The highest BCUT2D eigenvalue weighted by Crippen LogP contribution is 2.53. The number of H-pyrrole nitrogens is 1. The van der Waals surface area contributed by atoms with Gasteiger partial charge in [-0.05, 0) is 69.1 Å². The van der Waals surface area contributed by atoms with E-state index in [9.17, 15) is 15.0 Å². The molecule has 0 spiro atoms. The van der Waals surface area contributed by atoms with E-state index in [-0.39, 0.29) is 22.9 Å². The van der Waals surface area contributed by atoms with E-state index in [1.54, 1.807) is 0 Å². The number of nitrogens with zero attached hydrogens (tertiary/aromatic N) is 3. The number of nitrogens with one attached hydrogen (secondary N) is 2. The van der Waals surface area contributed by atoms with Gasteiger partial charge < -0.3 is 25.3 Å². The Morgan fingerprint density at radius 1 is 1.19 bits per heavy atom. The topological polar surface area (TPSA) is 144 Å². The van der Waals surface area contributed by atoms with Crippen LogP contribution in [-0.4, -0.2) is 54.5 Å². The number of allylic oxidation sites excluding steroid dienone is 2. The third-order valence-corrected chi connectivity index (χ3v) is 8.09. The lowest BCUT2D eigenvalue weighted by atomic mass is 9.77. The van der Waals surface area contributed by atoms with Gasteiger partial charge in [0, 0.05) is 11.6 Å². The molecular formula is C27H33N5O4. The Bertz CT molecular complexity index is 1260. The minimum absolute atomic E-state index is 0.0204. The maximum absolute atomic E-state index is 12.9. The number of imidazole rings is 1. The van der Waals surface area contributed by atoms with Crippen LogP contribution < -0.4 is 5.32 Å². The van der Waals surface area contributed by atoms with Crippen molar-refractivity contribution in [3.05, 3.63) is 47.3 Å². The first-order valence-corrected chi connectivity index (χ1v) is 12.5. The Labute approximate surface area is 210 Å². The molecule has 4 N–H and O–H groups in total. The maximum atomic E-state index is 12.9. The van der Waals surface area contributed by atoms with Gasteiger partial charge >= 0.3 is 0 Å². The van der Waals surface area contributed by atoms with E-state index >= 15 is 0 Å². The van der Waals surface area contributed by atoms with Gasteiger partial charge in [-0.15, -0.1) is 0 Å². The number of carbonyl (C=O) groups is 1. The lowest BCUT2D eigenvalue weighted by molar-refractivity contribution is -0.153. The smallest absolute Gasteiger partial charge is 0.291 e. The number of aromatic nitrogens is 3. The largest absolute Gasteiger partial charge is 0.387 e. The summed E-state index contributed by atoms with van der Waals surface area (Å²) in [5.74, 6) is -0.405. The van der Waals surface area contributed by atoms with Crippen LogP contribution >= 0.6 is 0 Å². The third-order valence-electron chi connectivity index (χ3n) is 8.09. The van der Waals surface area contributed by atoms with Gasteiger partial charge in [0.05, 0.1) is 28.8 Å². The molecule has 36 heavy (non-hydrogen) atoms. The summed E-state index contributed by atoms with van der Waals surface area (Å²) >= 11 is 0. The fourth-order valence-electron chi connectivity index (χ4n) is 5.92. The molecule has 190 valence electrons. The average Bonchev–Trinajstić information content (AvgIpc) is 3.36. The van der Waals surface area contributed by atoms with Crippen molar-refractivity contribution < 1.29 is 19.7 Å². The molecule has 0 radical (unpaired) electrons. The van der Waals surface area contributed by atoms with E-state index in [4.69, 9.17) is 15.0 Å². The summed E-state index contributed by atoms with van der Waals surface area (Å²) in [4.78, 5) is 24.7. The Morgan fingerprint density at radius 2 is 1.89 bits per heavy atom. The molecular weight excluding hydrogens is 458 g/mol. The molecule has 2 aromatic heterocycles. The monoisotopic (exact) mass is 491 g/mol. The fraction of sp³-hybridized carbons (Fsp3) is 0.556. The van der Waals surface area contributed by atoms with Crippen molar-refractivity contribution >= 4 is 17.2 Å². The molecule has 2 saturated heterocycles. The molecule has 2 aliphatic heterocycles. The average molecular weight is 492 g/mol. The molecule has 1 amide bonds. The minimum atomic E-state index is -0.958. The van der Waals surface area contributed by atoms with E-state index in [1.165, 1.54) is 6.20 Å². The first kappa shape index (κ1) is 24.6. The number of carbonyl (C=O) groups excluding carboxylic acids is 1. The lowest BCUT2D eigenvalue weighted by Gasteiger charge is -2.41. The molecule has 9 heteroatoms. The van der Waals surface area contributed by atoms with Crippen LogP contribution in [-0.2, 0) is 4.74 Å². The molecule has 1 unspecified atom stereocenters. The number of ether oxygens (including phenoxy) is 1. The van der Waals surface area contributed by atoms with Crippen LogP contribution in [0.2, 0.25) is 0 Å². The predicted molar refractivity (Wildman–Crippen MR) is 133 cm³/mol. The van der Waals surface area contributed by atoms with Gasteiger partial charge in [-0.25, -0.2) is 4.98 Å². The summed E-state index contributed by atoms with van der Waals surface area (Å²) in [6.07, 6.45) is 5.45. The van der Waals surface area contributed by atoms with Crippen molar-refractivity contribution in [3.8, 4) is 6.07 Å². The second-order valence-electron chi connectivity index (χ2n) is 11.7. The van der Waals surface area contributed by atoms with Crippen molar-refractivity contribution in [2.24, 2.45) is 5.41 Å². The molecule has 4 heterocycles. The SMILES string of the molecule is CC1(C)CC=C(c2nc(C3C[C@@]4(C)O[C@@](C)(C3)[C@H](O)[C@@H]4O)ccc2NC(=O)c2ncc(C#N)[nH]2)CC1. The maximum Gasteiger partial charge on any atom is 0.291 e. The summed E-state index contributed by atoms with van der Waals surface area (Å²) in [7, 11) is 0. The van der Waals surface area contributed by atoms with Crippen LogP contribution in [0.1, 0.15) is 93.4 Å². The highest BCUT2D eigenvalue weighted by Gasteiger charge is 2.62. The van der Waals surface area contributed by atoms with Crippen LogP contribution in [0.5, 0.6) is 0 Å². The van der Waals surface area contributed by atoms with E-state index in [0.717, 1.165) is 36.2 Å². The van der Waals surface area contributed by atoms with Crippen LogP contribution in [0.3, 0.4) is 0 Å². The number of anilines is 1. The van der Waals surface area contributed by atoms with Gasteiger partial charge in [0.15, 0.2) is 5.82 Å². The summed E-state index contributed by atoms with van der Waals surface area (Å²) in [6.45, 7) is 8.18. The normalized spacial score (nSPS) is 33.0. The van der Waals surface area contributed by atoms with Gasteiger partial charge in [0.25, 0.3) is 5.91 Å². The Balaban J connectivity index is 1.50. The van der Waals surface area contributed by atoms with Crippen LogP contribution in [0.4, 0.5) is 5.69 Å². The summed E-state index contributed by atoms with van der Waals surface area (Å²) in [5, 5.41) is 33.3. The number of aliphatic hydroxyl groups excluding tert-OH is 2. The van der Waals surface area contributed by atoms with Crippen molar-refractivity contribution in [2.75, 3.05) is 5.32 Å². The summed E-state index contributed by atoms with van der Waals surface area (Å²) in [6, 6.07) is 5.70. The molecule has 3 aliphatic rings. The zero-order valence-electron chi connectivity index (χ0n) is 21.1. The molecule has 2 aromatic rings. The number of hydrogen-bond acceptors (Lipinski definition) is 7. The molecule has 5 atom stereocenters. The second-order valence-corrected chi connectivity index (χ2v) is 11.7. The third kappa shape index (κ3) is 4.23. The van der Waals surface area contributed by atoms with E-state index in [2.05, 4.69) is 35.2 Å². The number of nitriles is 1. The zero-order chi connectivity index (χ0) is 25.9. The van der Waals surface area contributed by atoms with E-state index in [0.29, 0.717) is 18.5 Å². The molecule has 0 aromatic carbocycles. The van der Waals surface area contributed by atoms with E-state index < -0.39 is 29.3 Å². The van der Waals surface area contributed by atoms with Gasteiger partial charge in [-0.1, -0.05) is 19.9 Å². The highest BCUT2D eigenvalue weighted by molar-refractivity contribution is 6.03. The van der Waals surface area contributed by atoms with Crippen molar-refractivity contribution in [3.63, 3.8) is 0 Å². The van der Waals surface area contributed by atoms with Crippen LogP contribution in [0, 0.1) is 16.7 Å². The molecule has 1 aliphatic carbocycles. The molecule has 2 bridgehead atoms. The first-order chi connectivity index (χ1) is 16.9. The van der Waals surface area contributed by atoms with Crippen LogP contribution in [0.15, 0.2) is 24.4 Å². The van der Waals surface area contributed by atoms with Gasteiger partial charge in [-0.2, -0.15) is 5.26 Å². The van der Waals surface area contributed by atoms with Gasteiger partial charge in [0.1, 0.15) is 24.0 Å². The number of amides is 1. The molecule has 9 nitrogen and oxygen atoms in total. The summed E-state index contributed by atoms with van der Waals surface area (Å²) in [5.41, 5.74) is 1.95. The second kappa shape index (κ2) is 8.51. The number of rotatable bonds is 4. The number of hydrogen-bond donors (Lipinski definition) is 4. The van der Waals surface area contributed by atoms with Gasteiger partial charge in [0.2, 0.25) is 0 Å². The zero-order valence-corrected chi connectivity index (χ0v) is 21.1. The number of fused-ring (bicyclic) bond motifs is 2. The van der Waals surface area contributed by atoms with Gasteiger partial charge in [-0.3, -0.25) is 9.78 Å². The van der Waals surface area contributed by atoms with E-state index in [1.807, 2.05) is 32.0 Å². The molecule has 0 saturated carbocycles. The number of pyridine rings is 1. The van der Waals surface area contributed by atoms with Crippen molar-refractivity contribution in [2.45, 2.75) is 89.1 Å². The van der Waals surface area contributed by atoms with Crippen LogP contribution in [0.25, 0.3) is 5.57 Å². The van der Waals surface area contributed by atoms with Crippen molar-refractivity contribution in [1.82, 2.24) is 15.0 Å². The molecule has 5 rings (SSSR count). The Kier molecular flexibility index (Phi) is 5.82. The quantitative estimate of drug-likeness (QED) is 0.511. The Morgan fingerprint density at radius 3 is 2.47 bits per heavy atom. The predicted octanol–water partition coefficient (Wildman–Crippen LogP) is 3.67. The Hall–Kier alpha value is -3.06. The number of aromatic amines is 1. The lowest BCUT2D eigenvalue weighted by Crippen LogP contribution is -2.43. The van der Waals surface area contributed by atoms with Crippen molar-refractivity contribution in [1.29, 1.82) is 5.26 Å². The number of aliphatic hydroxyl groups is 2. The fourth-order valence-corrected chi connectivity index (χ4v) is 5.92. The summed E-state index contributed by atoms with van der Waals surface area (Å²) < 4.78 is 6.13. The standard InChI is InChI=1S/C27H33N5O4/c1-25(2)9-7-15(8-10-25)20-19(32-24(35)23-29-14-17(13-28)30-23)6-5-18(31-20)16-11-26(3)21(33)22(34)27(4,12-16)36-26/h5-7,14,16,21-22,33-34H,8-12H2,1-4H3,(H,29,30)(H,32,35)/t16?,21-,22+,26+,27-. The highest BCUT2D eigenvalue weighted by atomic mass is 16.6. The molecule has 2 fully saturated rings. The minimum Gasteiger partial charge on any atom is -0.387 e. The first-order valence-electron chi connectivity index (χ1n) is 12.5.